The molecule has 0 saturated heterocycles. The van der Waals surface area contributed by atoms with E-state index >= 15 is 0 Å². The van der Waals surface area contributed by atoms with Crippen molar-refractivity contribution in [3.63, 3.8) is 0 Å². The standard InChI is InChI=1S/C20H16N8O/c29-20(18-11-21-12-22-18)25-14-2-1-3-16(9-14)28-7-6-19(27-28)24-15-4-5-17-13(8-15)10-23-26-17/h1-12H,(H,21,22)(H,23,26)(H,24,27)(H,25,29). The van der Waals surface area contributed by atoms with Crippen LogP contribution in [0.25, 0.3) is 16.6 Å². The summed E-state index contributed by atoms with van der Waals surface area (Å²) in [6.07, 6.45) is 6.58. The Kier molecular flexibility index (Phi) is 4.02. The maximum atomic E-state index is 12.2. The van der Waals surface area contributed by atoms with E-state index < -0.39 is 0 Å². The Hall–Kier alpha value is -4.40. The summed E-state index contributed by atoms with van der Waals surface area (Å²) >= 11 is 0. The zero-order valence-corrected chi connectivity index (χ0v) is 15.1. The number of H-pyrrole nitrogens is 2. The first-order valence-corrected chi connectivity index (χ1v) is 8.91. The highest BCUT2D eigenvalue weighted by Gasteiger charge is 2.08. The number of fused-ring (bicyclic) bond motifs is 1. The molecule has 0 atom stereocenters. The summed E-state index contributed by atoms with van der Waals surface area (Å²) < 4.78 is 1.74. The number of carbonyl (C=O) groups is 1. The molecule has 9 heteroatoms. The second-order valence-electron chi connectivity index (χ2n) is 6.41. The number of anilines is 3. The van der Waals surface area contributed by atoms with Crippen molar-refractivity contribution in [2.24, 2.45) is 0 Å². The van der Waals surface area contributed by atoms with Crippen molar-refractivity contribution in [2.75, 3.05) is 10.6 Å². The minimum absolute atomic E-state index is 0.253. The van der Waals surface area contributed by atoms with Crippen LogP contribution in [0.4, 0.5) is 17.2 Å². The van der Waals surface area contributed by atoms with E-state index in [4.69, 9.17) is 0 Å². The minimum Gasteiger partial charge on any atom is -0.341 e. The molecule has 0 bridgehead atoms. The molecule has 0 fully saturated rings. The second kappa shape index (κ2) is 6.97. The molecule has 0 aliphatic rings. The van der Waals surface area contributed by atoms with Crippen molar-refractivity contribution in [3.8, 4) is 5.69 Å². The van der Waals surface area contributed by atoms with Gasteiger partial charge in [-0.2, -0.15) is 10.2 Å². The van der Waals surface area contributed by atoms with E-state index in [9.17, 15) is 4.79 Å². The lowest BCUT2D eigenvalue weighted by Gasteiger charge is -2.07. The van der Waals surface area contributed by atoms with Crippen LogP contribution in [0.15, 0.2) is 73.4 Å². The highest BCUT2D eigenvalue weighted by molar-refractivity contribution is 6.02. The molecule has 9 nitrogen and oxygen atoms in total. The number of imidazole rings is 1. The summed E-state index contributed by atoms with van der Waals surface area (Å²) in [7, 11) is 0. The van der Waals surface area contributed by atoms with Gasteiger partial charge in [0.2, 0.25) is 0 Å². The van der Waals surface area contributed by atoms with Gasteiger partial charge in [-0.15, -0.1) is 0 Å². The van der Waals surface area contributed by atoms with E-state index in [1.54, 1.807) is 10.9 Å². The zero-order chi connectivity index (χ0) is 19.6. The number of amides is 1. The van der Waals surface area contributed by atoms with Gasteiger partial charge in [0, 0.05) is 29.0 Å². The van der Waals surface area contributed by atoms with E-state index in [1.807, 2.05) is 54.7 Å². The number of aromatic amines is 2. The molecule has 3 heterocycles. The van der Waals surface area contributed by atoms with Crippen molar-refractivity contribution < 1.29 is 4.79 Å². The fourth-order valence-corrected chi connectivity index (χ4v) is 3.01. The Morgan fingerprint density at radius 1 is 1.03 bits per heavy atom. The molecule has 5 aromatic rings. The number of aromatic nitrogens is 6. The molecule has 3 aromatic heterocycles. The number of hydrogen-bond acceptors (Lipinski definition) is 5. The molecular weight excluding hydrogens is 368 g/mol. The molecule has 0 spiro atoms. The number of carbonyl (C=O) groups excluding carboxylic acids is 1. The molecule has 0 aliphatic heterocycles. The van der Waals surface area contributed by atoms with Gasteiger partial charge in [0.25, 0.3) is 5.91 Å². The predicted molar refractivity (Wildman–Crippen MR) is 109 cm³/mol. The van der Waals surface area contributed by atoms with Gasteiger partial charge in [0.05, 0.1) is 29.9 Å². The lowest BCUT2D eigenvalue weighted by atomic mass is 10.2. The molecule has 0 saturated carbocycles. The Morgan fingerprint density at radius 3 is 2.90 bits per heavy atom. The highest BCUT2D eigenvalue weighted by Crippen LogP contribution is 2.21. The number of benzene rings is 2. The second-order valence-corrected chi connectivity index (χ2v) is 6.41. The first-order valence-electron chi connectivity index (χ1n) is 8.91. The van der Waals surface area contributed by atoms with E-state index in [1.165, 1.54) is 12.5 Å². The van der Waals surface area contributed by atoms with Crippen molar-refractivity contribution in [1.29, 1.82) is 0 Å². The molecular formula is C20H16N8O. The molecule has 5 rings (SSSR count). The summed E-state index contributed by atoms with van der Waals surface area (Å²) in [5, 5.41) is 18.7. The van der Waals surface area contributed by atoms with Crippen LogP contribution in [0.5, 0.6) is 0 Å². The number of nitrogens with zero attached hydrogens (tertiary/aromatic N) is 4. The van der Waals surface area contributed by atoms with Gasteiger partial charge in [-0.25, -0.2) is 9.67 Å². The average molecular weight is 384 g/mol. The topological polar surface area (TPSA) is 116 Å². The van der Waals surface area contributed by atoms with Gasteiger partial charge in [-0.3, -0.25) is 9.89 Å². The Bertz CT molecular complexity index is 1280. The van der Waals surface area contributed by atoms with Gasteiger partial charge in [-0.1, -0.05) is 6.07 Å². The fourth-order valence-electron chi connectivity index (χ4n) is 3.01. The monoisotopic (exact) mass is 384 g/mol. The Morgan fingerprint density at radius 2 is 2.00 bits per heavy atom. The number of hydrogen-bond donors (Lipinski definition) is 4. The maximum absolute atomic E-state index is 12.2. The SMILES string of the molecule is O=C(Nc1cccc(-n2ccc(Nc3ccc4[nH]ncc4c3)n2)c1)c1cnc[nH]1. The van der Waals surface area contributed by atoms with Crippen LogP contribution in [0, 0.1) is 0 Å². The van der Waals surface area contributed by atoms with Gasteiger partial charge in [-0.05, 0) is 36.4 Å². The Balaban J connectivity index is 1.34. The van der Waals surface area contributed by atoms with Crippen molar-refractivity contribution in [2.45, 2.75) is 0 Å². The van der Waals surface area contributed by atoms with Crippen molar-refractivity contribution in [1.82, 2.24) is 29.9 Å². The third kappa shape index (κ3) is 3.44. The number of nitrogens with one attached hydrogen (secondary N) is 4. The van der Waals surface area contributed by atoms with Crippen molar-refractivity contribution >= 4 is 34.0 Å². The van der Waals surface area contributed by atoms with Gasteiger partial charge < -0.3 is 15.6 Å². The minimum atomic E-state index is -0.253. The Labute approximate surface area is 164 Å². The maximum Gasteiger partial charge on any atom is 0.273 e. The highest BCUT2D eigenvalue weighted by atomic mass is 16.1. The van der Waals surface area contributed by atoms with Gasteiger partial charge in [0.1, 0.15) is 5.69 Å². The predicted octanol–water partition coefficient (Wildman–Crippen LogP) is 3.47. The molecule has 1 amide bonds. The lowest BCUT2D eigenvalue weighted by Crippen LogP contribution is -2.12. The molecule has 142 valence electrons. The third-order valence-electron chi connectivity index (χ3n) is 4.41. The normalized spacial score (nSPS) is 10.9. The summed E-state index contributed by atoms with van der Waals surface area (Å²) in [5.74, 6) is 0.455. The van der Waals surface area contributed by atoms with E-state index in [2.05, 4.69) is 35.9 Å². The fraction of sp³-hybridized carbons (Fsp3) is 0. The van der Waals surface area contributed by atoms with Crippen LogP contribution in [-0.4, -0.2) is 35.9 Å². The summed E-state index contributed by atoms with van der Waals surface area (Å²) in [6, 6.07) is 15.3. The van der Waals surface area contributed by atoms with Crippen LogP contribution >= 0.6 is 0 Å². The molecule has 2 aromatic carbocycles. The largest absolute Gasteiger partial charge is 0.341 e. The summed E-state index contributed by atoms with van der Waals surface area (Å²) in [6.45, 7) is 0. The first kappa shape index (κ1) is 16.8. The van der Waals surface area contributed by atoms with E-state index in [-0.39, 0.29) is 5.91 Å². The molecule has 29 heavy (non-hydrogen) atoms. The third-order valence-corrected chi connectivity index (χ3v) is 4.41. The quantitative estimate of drug-likeness (QED) is 0.370. The first-order chi connectivity index (χ1) is 14.2. The van der Waals surface area contributed by atoms with Crippen LogP contribution in [-0.2, 0) is 0 Å². The van der Waals surface area contributed by atoms with Crippen molar-refractivity contribution in [3.05, 3.63) is 79.1 Å². The van der Waals surface area contributed by atoms with E-state index in [0.717, 1.165) is 22.3 Å². The molecule has 0 unspecified atom stereocenters. The van der Waals surface area contributed by atoms with E-state index in [0.29, 0.717) is 17.2 Å². The number of rotatable bonds is 5. The van der Waals surface area contributed by atoms with Crippen LogP contribution in [0.1, 0.15) is 10.5 Å². The van der Waals surface area contributed by atoms with Gasteiger partial charge >= 0.3 is 0 Å². The molecule has 0 aliphatic carbocycles. The van der Waals surface area contributed by atoms with Crippen LogP contribution in [0.2, 0.25) is 0 Å². The van der Waals surface area contributed by atoms with Crippen LogP contribution in [0.3, 0.4) is 0 Å². The smallest absolute Gasteiger partial charge is 0.273 e. The lowest BCUT2D eigenvalue weighted by molar-refractivity contribution is 0.102. The summed E-state index contributed by atoms with van der Waals surface area (Å²) in [5.41, 5.74) is 3.79. The molecule has 0 radical (unpaired) electrons. The van der Waals surface area contributed by atoms with Gasteiger partial charge in [0.15, 0.2) is 5.82 Å². The zero-order valence-electron chi connectivity index (χ0n) is 15.1. The van der Waals surface area contributed by atoms with Crippen LogP contribution < -0.4 is 10.6 Å². The average Bonchev–Trinajstić information content (AvgIpc) is 3.49. The molecule has 4 N–H and O–H groups in total. The summed E-state index contributed by atoms with van der Waals surface area (Å²) in [4.78, 5) is 18.8.